The van der Waals surface area contributed by atoms with Gasteiger partial charge in [-0.25, -0.2) is 0 Å². The molecule has 110 valence electrons. The van der Waals surface area contributed by atoms with Crippen molar-refractivity contribution in [3.63, 3.8) is 0 Å². The molecule has 2 aromatic rings. The maximum absolute atomic E-state index is 3.51. The van der Waals surface area contributed by atoms with Crippen LogP contribution in [0.15, 0.2) is 59.1 Å². The van der Waals surface area contributed by atoms with Crippen LogP contribution in [0.5, 0.6) is 0 Å². The van der Waals surface area contributed by atoms with Crippen LogP contribution >= 0.6 is 15.9 Å². The van der Waals surface area contributed by atoms with Gasteiger partial charge in [0, 0.05) is 4.47 Å². The second-order valence-corrected chi connectivity index (χ2v) is 6.98. The largest absolute Gasteiger partial charge is 0.319 e. The summed E-state index contributed by atoms with van der Waals surface area (Å²) in [6.45, 7) is 1.10. The first kappa shape index (κ1) is 14.8. The Balaban J connectivity index is 1.67. The Morgan fingerprint density at radius 3 is 2.48 bits per heavy atom. The zero-order valence-electron chi connectivity index (χ0n) is 12.4. The van der Waals surface area contributed by atoms with E-state index < -0.39 is 0 Å². The summed E-state index contributed by atoms with van der Waals surface area (Å²) in [5.41, 5.74) is 2.96. The normalized spacial score (nSPS) is 22.0. The molecule has 0 amide bonds. The van der Waals surface area contributed by atoms with Crippen molar-refractivity contribution in [1.29, 1.82) is 0 Å². The standard InChI is InChI=1S/C19H22BrN/c1-21-13-16(11-14-7-9-17(20)10-8-14)19-12-18(19)15-5-3-2-4-6-15/h2-10,16,18-19,21H,11-13H2,1H3. The highest BCUT2D eigenvalue weighted by molar-refractivity contribution is 9.10. The third-order valence-corrected chi connectivity index (χ3v) is 5.08. The number of benzene rings is 2. The van der Waals surface area contributed by atoms with Crippen LogP contribution in [0.2, 0.25) is 0 Å². The average molecular weight is 344 g/mol. The van der Waals surface area contributed by atoms with E-state index in [9.17, 15) is 0 Å². The minimum atomic E-state index is 0.724. The van der Waals surface area contributed by atoms with Crippen molar-refractivity contribution in [3.8, 4) is 0 Å². The van der Waals surface area contributed by atoms with Crippen molar-refractivity contribution in [2.24, 2.45) is 11.8 Å². The molecule has 1 N–H and O–H groups in total. The summed E-state index contributed by atoms with van der Waals surface area (Å²) in [6, 6.07) is 19.8. The van der Waals surface area contributed by atoms with E-state index in [2.05, 4.69) is 82.9 Å². The van der Waals surface area contributed by atoms with Crippen molar-refractivity contribution in [3.05, 3.63) is 70.2 Å². The second kappa shape index (κ2) is 6.76. The molecule has 1 nitrogen and oxygen atoms in total. The highest BCUT2D eigenvalue weighted by Crippen LogP contribution is 2.52. The van der Waals surface area contributed by atoms with Gasteiger partial charge in [0.1, 0.15) is 0 Å². The van der Waals surface area contributed by atoms with Gasteiger partial charge in [0.15, 0.2) is 0 Å². The summed E-state index contributed by atoms with van der Waals surface area (Å²) in [7, 11) is 2.06. The molecule has 1 saturated carbocycles. The van der Waals surface area contributed by atoms with E-state index in [1.807, 2.05) is 0 Å². The predicted molar refractivity (Wildman–Crippen MR) is 92.6 cm³/mol. The molecule has 2 aromatic carbocycles. The zero-order valence-corrected chi connectivity index (χ0v) is 14.0. The molecule has 3 unspecified atom stereocenters. The van der Waals surface area contributed by atoms with Gasteiger partial charge in [0.2, 0.25) is 0 Å². The quantitative estimate of drug-likeness (QED) is 0.806. The Morgan fingerprint density at radius 2 is 1.81 bits per heavy atom. The molecule has 3 rings (SSSR count). The van der Waals surface area contributed by atoms with E-state index in [0.29, 0.717) is 0 Å². The second-order valence-electron chi connectivity index (χ2n) is 6.07. The first-order chi connectivity index (χ1) is 10.3. The number of hydrogen-bond acceptors (Lipinski definition) is 1. The van der Waals surface area contributed by atoms with Crippen molar-refractivity contribution < 1.29 is 0 Å². The minimum Gasteiger partial charge on any atom is -0.319 e. The van der Waals surface area contributed by atoms with Gasteiger partial charge in [-0.1, -0.05) is 58.4 Å². The van der Waals surface area contributed by atoms with Crippen molar-refractivity contribution in [1.82, 2.24) is 5.32 Å². The lowest BCUT2D eigenvalue weighted by atomic mass is 9.92. The fraction of sp³-hybridized carbons (Fsp3) is 0.368. The first-order valence-electron chi connectivity index (χ1n) is 7.72. The van der Waals surface area contributed by atoms with Gasteiger partial charge in [-0.15, -0.1) is 0 Å². The Morgan fingerprint density at radius 1 is 1.10 bits per heavy atom. The lowest BCUT2D eigenvalue weighted by Crippen LogP contribution is -2.23. The van der Waals surface area contributed by atoms with Crippen molar-refractivity contribution in [2.75, 3.05) is 13.6 Å². The molecule has 3 atom stereocenters. The smallest absolute Gasteiger partial charge is 0.0175 e. The third-order valence-electron chi connectivity index (χ3n) is 4.55. The monoisotopic (exact) mass is 343 g/mol. The highest BCUT2D eigenvalue weighted by atomic mass is 79.9. The van der Waals surface area contributed by atoms with E-state index in [-0.39, 0.29) is 0 Å². The molecule has 0 bridgehead atoms. The molecule has 0 heterocycles. The van der Waals surface area contributed by atoms with Gasteiger partial charge in [0.25, 0.3) is 0 Å². The maximum Gasteiger partial charge on any atom is 0.0175 e. The molecule has 21 heavy (non-hydrogen) atoms. The van der Waals surface area contributed by atoms with Crippen LogP contribution < -0.4 is 5.32 Å². The van der Waals surface area contributed by atoms with Crippen LogP contribution in [-0.2, 0) is 6.42 Å². The summed E-state index contributed by atoms with van der Waals surface area (Å²) < 4.78 is 1.16. The topological polar surface area (TPSA) is 12.0 Å². The lowest BCUT2D eigenvalue weighted by Gasteiger charge is -2.17. The summed E-state index contributed by atoms with van der Waals surface area (Å²) in [5.74, 6) is 2.31. The molecule has 1 fully saturated rings. The molecule has 1 aliphatic carbocycles. The molecular formula is C19H22BrN. The molecule has 0 spiro atoms. The van der Waals surface area contributed by atoms with Gasteiger partial charge < -0.3 is 5.32 Å². The molecule has 1 aliphatic rings. The SMILES string of the molecule is CNCC(Cc1ccc(Br)cc1)C1CC1c1ccccc1. The Labute approximate surface area is 135 Å². The Kier molecular flexibility index (Phi) is 4.77. The zero-order chi connectivity index (χ0) is 14.7. The van der Waals surface area contributed by atoms with Gasteiger partial charge in [-0.2, -0.15) is 0 Å². The van der Waals surface area contributed by atoms with Crippen LogP contribution in [0, 0.1) is 11.8 Å². The van der Waals surface area contributed by atoms with Crippen LogP contribution in [0.25, 0.3) is 0 Å². The summed E-state index contributed by atoms with van der Waals surface area (Å²) in [5, 5.41) is 3.38. The van der Waals surface area contributed by atoms with Crippen molar-refractivity contribution in [2.45, 2.75) is 18.8 Å². The molecule has 0 saturated heterocycles. The number of nitrogens with one attached hydrogen (secondary N) is 1. The first-order valence-corrected chi connectivity index (χ1v) is 8.51. The number of halogens is 1. The third kappa shape index (κ3) is 3.75. The summed E-state index contributed by atoms with van der Waals surface area (Å²) in [4.78, 5) is 0. The van der Waals surface area contributed by atoms with Crippen LogP contribution in [0.3, 0.4) is 0 Å². The van der Waals surface area contributed by atoms with Crippen LogP contribution in [0.1, 0.15) is 23.5 Å². The van der Waals surface area contributed by atoms with E-state index in [0.717, 1.165) is 28.8 Å². The number of hydrogen-bond donors (Lipinski definition) is 1. The fourth-order valence-corrected chi connectivity index (χ4v) is 3.64. The van der Waals surface area contributed by atoms with E-state index in [1.54, 1.807) is 0 Å². The lowest BCUT2D eigenvalue weighted by molar-refractivity contribution is 0.431. The van der Waals surface area contributed by atoms with Crippen LogP contribution in [-0.4, -0.2) is 13.6 Å². The van der Waals surface area contributed by atoms with Crippen molar-refractivity contribution >= 4 is 15.9 Å². The van der Waals surface area contributed by atoms with Gasteiger partial charge in [0.05, 0.1) is 0 Å². The molecule has 0 radical (unpaired) electrons. The maximum atomic E-state index is 3.51. The summed E-state index contributed by atoms with van der Waals surface area (Å²) in [6.07, 6.45) is 2.51. The minimum absolute atomic E-state index is 0.724. The van der Waals surface area contributed by atoms with E-state index >= 15 is 0 Å². The van der Waals surface area contributed by atoms with Gasteiger partial charge in [-0.05, 0) is 67.4 Å². The van der Waals surface area contributed by atoms with E-state index in [4.69, 9.17) is 0 Å². The molecule has 0 aliphatic heterocycles. The molecular weight excluding hydrogens is 322 g/mol. The van der Waals surface area contributed by atoms with Crippen LogP contribution in [0.4, 0.5) is 0 Å². The van der Waals surface area contributed by atoms with Gasteiger partial charge in [-0.3, -0.25) is 0 Å². The summed E-state index contributed by atoms with van der Waals surface area (Å²) >= 11 is 3.51. The fourth-order valence-electron chi connectivity index (χ4n) is 3.38. The highest BCUT2D eigenvalue weighted by Gasteiger charge is 2.43. The Bertz CT molecular complexity index is 564. The molecule has 2 heteroatoms. The molecule has 0 aromatic heterocycles. The van der Waals surface area contributed by atoms with Gasteiger partial charge >= 0.3 is 0 Å². The number of rotatable bonds is 6. The Hall–Kier alpha value is -1.12. The average Bonchev–Trinajstić information content (AvgIpc) is 3.30. The predicted octanol–water partition coefficient (Wildman–Crippen LogP) is 4.63. The van der Waals surface area contributed by atoms with E-state index in [1.165, 1.54) is 24.0 Å².